The number of halogens is 1. The van der Waals surface area contributed by atoms with Gasteiger partial charge in [0.1, 0.15) is 12.7 Å². The average molecular weight is 350 g/mol. The highest BCUT2D eigenvalue weighted by molar-refractivity contribution is 5.85. The van der Waals surface area contributed by atoms with E-state index in [4.69, 9.17) is 5.73 Å². The molecule has 1 aliphatic rings. The van der Waals surface area contributed by atoms with Crippen LogP contribution in [-0.4, -0.2) is 26.7 Å². The number of hydrogen-bond donors (Lipinski definition) is 2. The van der Waals surface area contributed by atoms with Gasteiger partial charge in [0.25, 0.3) is 0 Å². The van der Waals surface area contributed by atoms with Gasteiger partial charge in [0.05, 0.1) is 11.7 Å². The van der Waals surface area contributed by atoms with Crippen molar-refractivity contribution >= 4 is 18.3 Å². The van der Waals surface area contributed by atoms with Gasteiger partial charge in [0, 0.05) is 12.5 Å². The Kier molecular flexibility index (Phi) is 6.34. The maximum Gasteiger partial charge on any atom is 0.220 e. The van der Waals surface area contributed by atoms with E-state index in [1.54, 1.807) is 11.0 Å². The number of aromatic nitrogens is 3. The van der Waals surface area contributed by atoms with Crippen molar-refractivity contribution in [3.05, 3.63) is 42.5 Å². The fraction of sp³-hybridized carbons (Fsp3) is 0.471. The molecule has 1 saturated carbocycles. The molecule has 3 N–H and O–H groups in total. The van der Waals surface area contributed by atoms with Crippen LogP contribution in [0.2, 0.25) is 0 Å². The molecule has 1 aromatic heterocycles. The highest BCUT2D eigenvalue weighted by atomic mass is 35.5. The van der Waals surface area contributed by atoms with Crippen molar-refractivity contribution in [2.45, 2.75) is 44.7 Å². The molecule has 2 aromatic rings. The quantitative estimate of drug-likeness (QED) is 0.867. The number of amides is 1. The fourth-order valence-electron chi connectivity index (χ4n) is 3.20. The first-order chi connectivity index (χ1) is 11.1. The van der Waals surface area contributed by atoms with Crippen LogP contribution in [0.4, 0.5) is 0 Å². The lowest BCUT2D eigenvalue weighted by molar-refractivity contribution is -0.122. The maximum atomic E-state index is 12.2. The van der Waals surface area contributed by atoms with Gasteiger partial charge < -0.3 is 11.1 Å². The van der Waals surface area contributed by atoms with Gasteiger partial charge in [-0.15, -0.1) is 12.4 Å². The molecule has 1 unspecified atom stereocenters. The minimum atomic E-state index is -0.0232. The van der Waals surface area contributed by atoms with Crippen molar-refractivity contribution in [2.75, 3.05) is 0 Å². The molecule has 0 aliphatic heterocycles. The van der Waals surface area contributed by atoms with E-state index in [0.717, 1.165) is 30.5 Å². The van der Waals surface area contributed by atoms with Crippen molar-refractivity contribution in [3.63, 3.8) is 0 Å². The molecule has 6 nitrogen and oxygen atoms in total. The Morgan fingerprint density at radius 3 is 2.71 bits per heavy atom. The summed E-state index contributed by atoms with van der Waals surface area (Å²) in [6.07, 6.45) is 6.93. The van der Waals surface area contributed by atoms with Crippen molar-refractivity contribution in [2.24, 2.45) is 11.7 Å². The minimum absolute atomic E-state index is 0. The number of nitrogens with one attached hydrogen (secondary N) is 1. The fourth-order valence-corrected chi connectivity index (χ4v) is 3.20. The Hall–Kier alpha value is -1.92. The molecule has 24 heavy (non-hydrogen) atoms. The number of nitrogens with zero attached hydrogens (tertiary/aromatic N) is 3. The third-order valence-electron chi connectivity index (χ3n) is 4.62. The molecule has 1 aromatic carbocycles. The Morgan fingerprint density at radius 2 is 2.12 bits per heavy atom. The Labute approximate surface area is 148 Å². The molecule has 1 aliphatic carbocycles. The van der Waals surface area contributed by atoms with E-state index in [1.807, 2.05) is 31.2 Å². The highest BCUT2D eigenvalue weighted by Gasteiger charge is 2.26. The van der Waals surface area contributed by atoms with E-state index in [1.165, 1.54) is 6.33 Å². The van der Waals surface area contributed by atoms with Crippen molar-refractivity contribution in [3.8, 4) is 5.69 Å². The smallest absolute Gasteiger partial charge is 0.220 e. The molecular weight excluding hydrogens is 326 g/mol. The van der Waals surface area contributed by atoms with Gasteiger partial charge in [0.2, 0.25) is 5.91 Å². The summed E-state index contributed by atoms with van der Waals surface area (Å²) in [5.41, 5.74) is 8.05. The second-order valence-corrected chi connectivity index (χ2v) is 6.28. The summed E-state index contributed by atoms with van der Waals surface area (Å²) in [5, 5.41) is 7.17. The third kappa shape index (κ3) is 4.33. The van der Waals surface area contributed by atoms with Gasteiger partial charge in [-0.3, -0.25) is 4.79 Å². The Morgan fingerprint density at radius 1 is 1.38 bits per heavy atom. The molecule has 3 atom stereocenters. The normalized spacial score (nSPS) is 21.1. The standard InChI is InChI=1S/C17H23N5O.ClH/c1-12(21-17(23)9-14-3-2-4-16(14)18)13-5-7-15(8-6-13)22-11-19-10-20-22;/h5-8,10-12,14,16H,2-4,9,18H2,1H3,(H,21,23);1H/t12?,14-,16+;/m0./s1. The third-order valence-corrected chi connectivity index (χ3v) is 4.62. The van der Waals surface area contributed by atoms with Crippen LogP contribution in [-0.2, 0) is 4.79 Å². The molecule has 1 heterocycles. The molecule has 0 radical (unpaired) electrons. The molecule has 130 valence electrons. The van der Waals surface area contributed by atoms with E-state index < -0.39 is 0 Å². The first-order valence-electron chi connectivity index (χ1n) is 8.13. The van der Waals surface area contributed by atoms with Crippen LogP contribution in [0.15, 0.2) is 36.9 Å². The van der Waals surface area contributed by atoms with E-state index in [2.05, 4.69) is 15.4 Å². The number of carbonyl (C=O) groups excluding carboxylic acids is 1. The van der Waals surface area contributed by atoms with Crippen LogP contribution in [0.1, 0.15) is 44.2 Å². The van der Waals surface area contributed by atoms with Gasteiger partial charge in [-0.1, -0.05) is 18.6 Å². The number of rotatable bonds is 5. The first kappa shape index (κ1) is 18.4. The molecule has 7 heteroatoms. The number of carbonyl (C=O) groups is 1. The molecule has 0 bridgehead atoms. The highest BCUT2D eigenvalue weighted by Crippen LogP contribution is 2.27. The van der Waals surface area contributed by atoms with E-state index in [0.29, 0.717) is 12.3 Å². The zero-order valence-electron chi connectivity index (χ0n) is 13.8. The second-order valence-electron chi connectivity index (χ2n) is 6.28. The monoisotopic (exact) mass is 349 g/mol. The molecular formula is C17H24ClN5O. The SMILES string of the molecule is CC(NC(=O)C[C@@H]1CCC[C@H]1N)c1ccc(-n2cncn2)cc1.Cl. The predicted octanol–water partition coefficient (Wildman–Crippen LogP) is 2.38. The largest absolute Gasteiger partial charge is 0.350 e. The van der Waals surface area contributed by atoms with Gasteiger partial charge in [-0.25, -0.2) is 9.67 Å². The summed E-state index contributed by atoms with van der Waals surface area (Å²) in [5.74, 6) is 0.414. The zero-order valence-corrected chi connectivity index (χ0v) is 14.6. The van der Waals surface area contributed by atoms with Gasteiger partial charge >= 0.3 is 0 Å². The van der Waals surface area contributed by atoms with Crippen molar-refractivity contribution in [1.29, 1.82) is 0 Å². The summed E-state index contributed by atoms with van der Waals surface area (Å²) < 4.78 is 1.70. The summed E-state index contributed by atoms with van der Waals surface area (Å²) in [6.45, 7) is 2.00. The molecule has 1 amide bonds. The topological polar surface area (TPSA) is 85.8 Å². The zero-order chi connectivity index (χ0) is 16.2. The molecule has 3 rings (SSSR count). The van der Waals surface area contributed by atoms with Gasteiger partial charge in [-0.2, -0.15) is 5.10 Å². The molecule has 0 spiro atoms. The van der Waals surface area contributed by atoms with Crippen LogP contribution in [0, 0.1) is 5.92 Å². The average Bonchev–Trinajstić information content (AvgIpc) is 3.20. The summed E-state index contributed by atoms with van der Waals surface area (Å²) in [7, 11) is 0. The lowest BCUT2D eigenvalue weighted by Crippen LogP contribution is -2.32. The summed E-state index contributed by atoms with van der Waals surface area (Å²) >= 11 is 0. The van der Waals surface area contributed by atoms with Crippen LogP contribution in [0.3, 0.4) is 0 Å². The van der Waals surface area contributed by atoms with E-state index >= 15 is 0 Å². The number of nitrogens with two attached hydrogens (primary N) is 1. The van der Waals surface area contributed by atoms with Crippen LogP contribution in [0.5, 0.6) is 0 Å². The van der Waals surface area contributed by atoms with Gasteiger partial charge in [-0.05, 0) is 43.4 Å². The summed E-state index contributed by atoms with van der Waals surface area (Å²) in [4.78, 5) is 16.1. The Balaban J connectivity index is 0.00000208. The van der Waals surface area contributed by atoms with Crippen LogP contribution < -0.4 is 11.1 Å². The predicted molar refractivity (Wildman–Crippen MR) is 95.1 cm³/mol. The summed E-state index contributed by atoms with van der Waals surface area (Å²) in [6, 6.07) is 8.11. The van der Waals surface area contributed by atoms with Crippen LogP contribution >= 0.6 is 12.4 Å². The number of hydrogen-bond acceptors (Lipinski definition) is 4. The lowest BCUT2D eigenvalue weighted by atomic mass is 9.99. The minimum Gasteiger partial charge on any atom is -0.350 e. The Bertz CT molecular complexity index is 644. The molecule has 1 fully saturated rings. The second kappa shape index (κ2) is 8.26. The van der Waals surface area contributed by atoms with E-state index in [9.17, 15) is 4.79 Å². The van der Waals surface area contributed by atoms with Gasteiger partial charge in [0.15, 0.2) is 0 Å². The maximum absolute atomic E-state index is 12.2. The van der Waals surface area contributed by atoms with Crippen molar-refractivity contribution < 1.29 is 4.79 Å². The lowest BCUT2D eigenvalue weighted by Gasteiger charge is -2.18. The van der Waals surface area contributed by atoms with E-state index in [-0.39, 0.29) is 30.4 Å². The number of benzene rings is 1. The van der Waals surface area contributed by atoms with Crippen molar-refractivity contribution in [1.82, 2.24) is 20.1 Å². The molecule has 0 saturated heterocycles. The first-order valence-corrected chi connectivity index (χ1v) is 8.13. The van der Waals surface area contributed by atoms with Crippen LogP contribution in [0.25, 0.3) is 5.69 Å².